The van der Waals surface area contributed by atoms with E-state index in [4.69, 9.17) is 4.74 Å². The van der Waals surface area contributed by atoms with Crippen LogP contribution in [-0.2, 0) is 21.3 Å². The van der Waals surface area contributed by atoms with E-state index in [-0.39, 0.29) is 11.4 Å². The molecule has 0 N–H and O–H groups in total. The summed E-state index contributed by atoms with van der Waals surface area (Å²) >= 11 is 0. The van der Waals surface area contributed by atoms with Crippen LogP contribution in [0.4, 0.5) is 0 Å². The predicted molar refractivity (Wildman–Crippen MR) is 88.5 cm³/mol. The van der Waals surface area contributed by atoms with Gasteiger partial charge in [0.1, 0.15) is 0 Å². The van der Waals surface area contributed by atoms with Crippen LogP contribution >= 0.6 is 0 Å². The fourth-order valence-electron chi connectivity index (χ4n) is 3.52. The molecule has 0 radical (unpaired) electrons. The number of nitrogens with zero attached hydrogens (tertiary/aromatic N) is 3. The van der Waals surface area contributed by atoms with Gasteiger partial charge in [0.2, 0.25) is 10.0 Å². The van der Waals surface area contributed by atoms with Crippen molar-refractivity contribution >= 4 is 10.0 Å². The number of ether oxygens (including phenoxy) is 1. The largest absolute Gasteiger partial charge is 0.371 e. The Morgan fingerprint density at radius 1 is 1.30 bits per heavy atom. The lowest BCUT2D eigenvalue weighted by Gasteiger charge is -2.47. The molecule has 6 nitrogen and oxygen atoms in total. The number of rotatable bonds is 4. The standard InChI is InChI=1S/C16H25N3O3S/c1-2-23(20,21)19-10-11-22-16(14-19)7-5-9-18(13-16)12-15-6-3-4-8-17-15/h3-4,6,8H,2,5,7,9-14H2,1H3/t16-/m1/s1. The summed E-state index contributed by atoms with van der Waals surface area (Å²) < 4.78 is 32.1. The molecule has 2 fully saturated rings. The molecule has 23 heavy (non-hydrogen) atoms. The van der Waals surface area contributed by atoms with Gasteiger partial charge in [-0.2, -0.15) is 4.31 Å². The number of aromatic nitrogens is 1. The first-order valence-corrected chi connectivity index (χ1v) is 9.88. The van der Waals surface area contributed by atoms with Crippen LogP contribution in [0.25, 0.3) is 0 Å². The van der Waals surface area contributed by atoms with Crippen molar-refractivity contribution in [2.24, 2.45) is 0 Å². The number of hydrogen-bond donors (Lipinski definition) is 0. The Bertz CT molecular complexity index is 619. The van der Waals surface area contributed by atoms with Gasteiger partial charge in [-0.15, -0.1) is 0 Å². The molecule has 1 aromatic heterocycles. The molecular weight excluding hydrogens is 314 g/mol. The van der Waals surface area contributed by atoms with Gasteiger partial charge in [-0.1, -0.05) is 6.07 Å². The van der Waals surface area contributed by atoms with Crippen LogP contribution in [0, 0.1) is 0 Å². The maximum Gasteiger partial charge on any atom is 0.214 e. The Morgan fingerprint density at radius 2 is 2.17 bits per heavy atom. The Balaban J connectivity index is 1.69. The lowest BCUT2D eigenvalue weighted by molar-refractivity contribution is -0.125. The zero-order chi connectivity index (χ0) is 16.3. The van der Waals surface area contributed by atoms with Crippen molar-refractivity contribution in [2.75, 3.05) is 38.5 Å². The Labute approximate surface area is 138 Å². The number of piperidine rings is 1. The van der Waals surface area contributed by atoms with E-state index in [2.05, 4.69) is 9.88 Å². The van der Waals surface area contributed by atoms with Gasteiger partial charge in [-0.05, 0) is 38.4 Å². The summed E-state index contributed by atoms with van der Waals surface area (Å²) in [6, 6.07) is 5.94. The molecule has 1 spiro atoms. The van der Waals surface area contributed by atoms with E-state index >= 15 is 0 Å². The molecule has 1 atom stereocenters. The number of hydrogen-bond acceptors (Lipinski definition) is 5. The van der Waals surface area contributed by atoms with Gasteiger partial charge in [-0.3, -0.25) is 9.88 Å². The van der Waals surface area contributed by atoms with Gasteiger partial charge in [-0.25, -0.2) is 8.42 Å². The molecule has 128 valence electrons. The lowest BCUT2D eigenvalue weighted by atomic mass is 9.91. The molecule has 0 bridgehead atoms. The second-order valence-corrected chi connectivity index (χ2v) is 8.66. The Kier molecular flexibility index (Phi) is 5.01. The third-order valence-corrected chi connectivity index (χ3v) is 6.53. The van der Waals surface area contributed by atoms with Crippen molar-refractivity contribution in [3.63, 3.8) is 0 Å². The molecule has 0 aromatic carbocycles. The number of sulfonamides is 1. The zero-order valence-corrected chi connectivity index (χ0v) is 14.5. The highest BCUT2D eigenvalue weighted by Crippen LogP contribution is 2.30. The molecule has 2 saturated heterocycles. The first-order chi connectivity index (χ1) is 11.0. The minimum atomic E-state index is -3.15. The Morgan fingerprint density at radius 3 is 2.91 bits per heavy atom. The second kappa shape index (κ2) is 6.84. The molecule has 7 heteroatoms. The molecule has 0 saturated carbocycles. The Hall–Kier alpha value is -1.02. The van der Waals surface area contributed by atoms with Gasteiger partial charge in [0, 0.05) is 32.4 Å². The summed E-state index contributed by atoms with van der Waals surface area (Å²) in [6.45, 7) is 5.68. The fraction of sp³-hybridized carbons (Fsp3) is 0.688. The normalized spacial score (nSPS) is 27.3. The molecule has 0 amide bonds. The summed E-state index contributed by atoms with van der Waals surface area (Å²) in [4.78, 5) is 6.71. The van der Waals surface area contributed by atoms with E-state index in [0.29, 0.717) is 19.7 Å². The van der Waals surface area contributed by atoms with Gasteiger partial charge >= 0.3 is 0 Å². The zero-order valence-electron chi connectivity index (χ0n) is 13.6. The fourth-order valence-corrected chi connectivity index (χ4v) is 4.67. The van der Waals surface area contributed by atoms with E-state index in [1.807, 2.05) is 24.4 Å². The third-order valence-electron chi connectivity index (χ3n) is 4.70. The number of likely N-dealkylation sites (tertiary alicyclic amines) is 1. The van der Waals surface area contributed by atoms with Crippen LogP contribution in [0.2, 0.25) is 0 Å². The average Bonchev–Trinajstić information content (AvgIpc) is 2.56. The summed E-state index contributed by atoms with van der Waals surface area (Å²) in [5, 5.41) is 0. The van der Waals surface area contributed by atoms with Gasteiger partial charge in [0.25, 0.3) is 0 Å². The average molecular weight is 339 g/mol. The van der Waals surface area contributed by atoms with E-state index in [1.165, 1.54) is 0 Å². The van der Waals surface area contributed by atoms with Crippen LogP contribution in [0.3, 0.4) is 0 Å². The van der Waals surface area contributed by atoms with Crippen molar-refractivity contribution < 1.29 is 13.2 Å². The minimum absolute atomic E-state index is 0.154. The van der Waals surface area contributed by atoms with Gasteiger partial charge in [0.05, 0.1) is 23.7 Å². The second-order valence-electron chi connectivity index (χ2n) is 6.40. The highest BCUT2D eigenvalue weighted by atomic mass is 32.2. The highest BCUT2D eigenvalue weighted by molar-refractivity contribution is 7.89. The predicted octanol–water partition coefficient (Wildman–Crippen LogP) is 1.10. The molecule has 0 unspecified atom stereocenters. The number of morpholine rings is 1. The highest BCUT2D eigenvalue weighted by Gasteiger charge is 2.43. The van der Waals surface area contributed by atoms with Gasteiger partial charge in [0.15, 0.2) is 0 Å². The van der Waals surface area contributed by atoms with E-state index < -0.39 is 10.0 Å². The van der Waals surface area contributed by atoms with Crippen LogP contribution < -0.4 is 0 Å². The maximum absolute atomic E-state index is 12.2. The van der Waals surface area contributed by atoms with Crippen molar-refractivity contribution in [3.05, 3.63) is 30.1 Å². The molecule has 1 aromatic rings. The summed E-state index contributed by atoms with van der Waals surface area (Å²) in [5.74, 6) is 0.154. The van der Waals surface area contributed by atoms with Crippen LogP contribution in [-0.4, -0.2) is 66.7 Å². The molecule has 3 rings (SSSR count). The van der Waals surface area contributed by atoms with E-state index in [1.54, 1.807) is 11.2 Å². The molecule has 2 aliphatic rings. The summed E-state index contributed by atoms with van der Waals surface area (Å²) in [6.07, 6.45) is 3.75. The van der Waals surface area contributed by atoms with Crippen molar-refractivity contribution in [1.29, 1.82) is 0 Å². The summed E-state index contributed by atoms with van der Waals surface area (Å²) in [5.41, 5.74) is 0.673. The monoisotopic (exact) mass is 339 g/mol. The smallest absolute Gasteiger partial charge is 0.214 e. The quantitative estimate of drug-likeness (QED) is 0.822. The van der Waals surface area contributed by atoms with Crippen molar-refractivity contribution in [1.82, 2.24) is 14.2 Å². The van der Waals surface area contributed by atoms with Crippen LogP contribution in [0.1, 0.15) is 25.5 Å². The van der Waals surface area contributed by atoms with Crippen LogP contribution in [0.5, 0.6) is 0 Å². The lowest BCUT2D eigenvalue weighted by Crippen LogP contribution is -2.60. The molecule has 2 aliphatic heterocycles. The maximum atomic E-state index is 12.2. The SMILES string of the molecule is CCS(=O)(=O)N1CCO[C@@]2(CCCN(Cc3ccccn3)C2)C1. The van der Waals surface area contributed by atoms with E-state index in [9.17, 15) is 8.42 Å². The van der Waals surface area contributed by atoms with Crippen molar-refractivity contribution in [3.8, 4) is 0 Å². The minimum Gasteiger partial charge on any atom is -0.371 e. The van der Waals surface area contributed by atoms with E-state index in [0.717, 1.165) is 38.2 Å². The molecular formula is C16H25N3O3S. The van der Waals surface area contributed by atoms with Crippen LogP contribution in [0.15, 0.2) is 24.4 Å². The molecule has 0 aliphatic carbocycles. The first kappa shape index (κ1) is 16.8. The number of pyridine rings is 1. The summed E-state index contributed by atoms with van der Waals surface area (Å²) in [7, 11) is -3.15. The van der Waals surface area contributed by atoms with Gasteiger partial charge < -0.3 is 4.74 Å². The van der Waals surface area contributed by atoms with Crippen molar-refractivity contribution in [2.45, 2.75) is 31.9 Å². The molecule has 3 heterocycles. The topological polar surface area (TPSA) is 62.7 Å². The first-order valence-electron chi connectivity index (χ1n) is 8.27. The third kappa shape index (κ3) is 3.91.